The Labute approximate surface area is 206 Å². The van der Waals surface area contributed by atoms with Crippen LogP contribution in [0, 0.1) is 6.92 Å². The molecule has 0 saturated carbocycles. The summed E-state index contributed by atoms with van der Waals surface area (Å²) in [5, 5.41) is 3.65. The number of carbonyl (C=O) groups excluding carboxylic acids is 1. The normalized spacial score (nSPS) is 14.2. The Kier molecular flexibility index (Phi) is 8.25. The van der Waals surface area contributed by atoms with Gasteiger partial charge in [0.05, 0.1) is 0 Å². The molecule has 6 nitrogen and oxygen atoms in total. The fourth-order valence-electron chi connectivity index (χ4n) is 4.70. The van der Waals surface area contributed by atoms with Crippen LogP contribution in [0.2, 0.25) is 5.02 Å². The first-order chi connectivity index (χ1) is 16.6. The second-order valence-electron chi connectivity index (χ2n) is 8.69. The van der Waals surface area contributed by atoms with E-state index in [1.807, 2.05) is 43.6 Å². The van der Waals surface area contributed by atoms with Crippen molar-refractivity contribution in [1.29, 1.82) is 0 Å². The van der Waals surface area contributed by atoms with Crippen LogP contribution >= 0.6 is 11.6 Å². The van der Waals surface area contributed by atoms with Crippen LogP contribution in [-0.4, -0.2) is 47.8 Å². The fourth-order valence-corrected chi connectivity index (χ4v) is 4.91. The van der Waals surface area contributed by atoms with Gasteiger partial charge < -0.3 is 19.5 Å². The lowest BCUT2D eigenvalue weighted by Crippen LogP contribution is -2.40. The van der Waals surface area contributed by atoms with Crippen molar-refractivity contribution in [2.24, 2.45) is 0 Å². The van der Waals surface area contributed by atoms with Gasteiger partial charge in [0.2, 0.25) is 0 Å². The van der Waals surface area contributed by atoms with E-state index in [2.05, 4.69) is 38.8 Å². The van der Waals surface area contributed by atoms with Crippen molar-refractivity contribution in [2.75, 3.05) is 31.2 Å². The maximum atomic E-state index is 13.1. The van der Waals surface area contributed by atoms with Crippen molar-refractivity contribution >= 4 is 23.2 Å². The number of nitrogens with one attached hydrogen (secondary N) is 1. The smallest absolute Gasteiger partial charge is 0.251 e. The summed E-state index contributed by atoms with van der Waals surface area (Å²) in [5.41, 5.74) is 3.84. The van der Waals surface area contributed by atoms with Crippen molar-refractivity contribution in [3.05, 3.63) is 82.4 Å². The lowest BCUT2D eigenvalue weighted by Gasteiger charge is -2.36. The number of rotatable bonds is 9. The highest BCUT2D eigenvalue weighted by atomic mass is 35.5. The van der Waals surface area contributed by atoms with E-state index in [1.54, 1.807) is 6.07 Å². The number of hydrogen-bond acceptors (Lipinski definition) is 4. The maximum Gasteiger partial charge on any atom is 0.251 e. The number of nitrogens with zero attached hydrogens (tertiary/aromatic N) is 3. The van der Waals surface area contributed by atoms with Crippen molar-refractivity contribution < 1.29 is 9.53 Å². The highest BCUT2D eigenvalue weighted by Crippen LogP contribution is 2.31. The van der Waals surface area contributed by atoms with E-state index in [-0.39, 0.29) is 5.91 Å². The molecule has 1 aromatic heterocycles. The van der Waals surface area contributed by atoms with Gasteiger partial charge in [-0.25, -0.2) is 4.98 Å². The van der Waals surface area contributed by atoms with Gasteiger partial charge in [0, 0.05) is 74.0 Å². The van der Waals surface area contributed by atoms with Gasteiger partial charge in [-0.2, -0.15) is 0 Å². The summed E-state index contributed by atoms with van der Waals surface area (Å²) in [6, 6.07) is 14.4. The Bertz CT molecular complexity index is 1090. The molecule has 0 aliphatic carbocycles. The Hall–Kier alpha value is -2.83. The molecule has 7 heteroatoms. The van der Waals surface area contributed by atoms with Gasteiger partial charge in [-0.15, -0.1) is 0 Å². The summed E-state index contributed by atoms with van der Waals surface area (Å²) in [6.07, 6.45) is 6.41. The predicted octanol–water partition coefficient (Wildman–Crippen LogP) is 4.87. The van der Waals surface area contributed by atoms with Gasteiger partial charge in [0.25, 0.3) is 5.91 Å². The quantitative estimate of drug-likeness (QED) is 0.474. The van der Waals surface area contributed by atoms with Crippen molar-refractivity contribution in [1.82, 2.24) is 14.9 Å². The molecule has 0 unspecified atom stereocenters. The third-order valence-corrected chi connectivity index (χ3v) is 6.72. The molecule has 180 valence electrons. The lowest BCUT2D eigenvalue weighted by atomic mass is 10.0. The third kappa shape index (κ3) is 5.80. The van der Waals surface area contributed by atoms with Gasteiger partial charge in [-0.05, 0) is 49.9 Å². The summed E-state index contributed by atoms with van der Waals surface area (Å²) in [4.78, 5) is 20.0. The zero-order chi connectivity index (χ0) is 23.9. The average Bonchev–Trinajstić information content (AvgIpc) is 3.29. The van der Waals surface area contributed by atoms with E-state index < -0.39 is 0 Å². The van der Waals surface area contributed by atoms with Crippen LogP contribution in [0.25, 0.3) is 0 Å². The average molecular weight is 481 g/mol. The fraction of sp³-hybridized carbons (Fsp3) is 0.407. The summed E-state index contributed by atoms with van der Waals surface area (Å²) in [7, 11) is 0. The first-order valence-electron chi connectivity index (χ1n) is 12.0. The van der Waals surface area contributed by atoms with E-state index in [1.165, 1.54) is 5.56 Å². The SMILES string of the molecule is CCN(c1cc(Cl)cc(C(=O)NCCc2nccn2Cc2ccccc2)c1C)C1CCOCC1. The highest BCUT2D eigenvalue weighted by Gasteiger charge is 2.24. The molecule has 1 amide bonds. The van der Waals surface area contributed by atoms with Crippen LogP contribution in [0.15, 0.2) is 54.9 Å². The van der Waals surface area contributed by atoms with Gasteiger partial charge in [-0.3, -0.25) is 4.79 Å². The first kappa shape index (κ1) is 24.3. The summed E-state index contributed by atoms with van der Waals surface area (Å²) in [5.74, 6) is 0.842. The first-order valence-corrected chi connectivity index (χ1v) is 12.4. The second-order valence-corrected chi connectivity index (χ2v) is 9.13. The predicted molar refractivity (Wildman–Crippen MR) is 137 cm³/mol. The number of ether oxygens (including phenoxy) is 1. The molecule has 34 heavy (non-hydrogen) atoms. The van der Waals surface area contributed by atoms with E-state index >= 15 is 0 Å². The Morgan fingerprint density at radius 3 is 2.74 bits per heavy atom. The number of carbonyl (C=O) groups is 1. The van der Waals surface area contributed by atoms with Crippen LogP contribution in [0.5, 0.6) is 0 Å². The van der Waals surface area contributed by atoms with Crippen LogP contribution in [-0.2, 0) is 17.7 Å². The molecule has 1 N–H and O–H groups in total. The Balaban J connectivity index is 1.42. The minimum absolute atomic E-state index is 0.106. The minimum Gasteiger partial charge on any atom is -0.381 e. The van der Waals surface area contributed by atoms with Gasteiger partial charge in [0.1, 0.15) is 5.82 Å². The molecule has 1 aliphatic heterocycles. The third-order valence-electron chi connectivity index (χ3n) is 6.50. The molecular formula is C27H33ClN4O2. The second kappa shape index (κ2) is 11.5. The van der Waals surface area contributed by atoms with Gasteiger partial charge in [-0.1, -0.05) is 41.9 Å². The number of anilines is 1. The highest BCUT2D eigenvalue weighted by molar-refractivity contribution is 6.31. The molecule has 0 spiro atoms. The van der Waals surface area contributed by atoms with Crippen molar-refractivity contribution in [3.8, 4) is 0 Å². The van der Waals surface area contributed by atoms with E-state index in [4.69, 9.17) is 16.3 Å². The van der Waals surface area contributed by atoms with Crippen molar-refractivity contribution in [2.45, 2.75) is 45.7 Å². The van der Waals surface area contributed by atoms with Crippen LogP contribution in [0.1, 0.15) is 47.1 Å². The van der Waals surface area contributed by atoms with Crippen molar-refractivity contribution in [3.63, 3.8) is 0 Å². The Morgan fingerprint density at radius 1 is 1.24 bits per heavy atom. The number of benzene rings is 2. The number of imidazole rings is 1. The summed E-state index contributed by atoms with van der Waals surface area (Å²) >= 11 is 6.47. The zero-order valence-corrected chi connectivity index (χ0v) is 20.7. The summed E-state index contributed by atoms with van der Waals surface area (Å²) in [6.45, 7) is 7.82. The number of halogens is 1. The molecule has 2 heterocycles. The molecule has 1 saturated heterocycles. The van der Waals surface area contributed by atoms with Crippen LogP contribution in [0.3, 0.4) is 0 Å². The molecule has 3 aromatic rings. The lowest BCUT2D eigenvalue weighted by molar-refractivity contribution is 0.0846. The largest absolute Gasteiger partial charge is 0.381 e. The molecule has 1 aliphatic rings. The summed E-state index contributed by atoms with van der Waals surface area (Å²) < 4.78 is 7.66. The molecular weight excluding hydrogens is 448 g/mol. The number of hydrogen-bond donors (Lipinski definition) is 1. The van der Waals surface area contributed by atoms with Gasteiger partial charge >= 0.3 is 0 Å². The minimum atomic E-state index is -0.106. The molecule has 4 rings (SSSR count). The van der Waals surface area contributed by atoms with E-state index in [0.717, 1.165) is 56.2 Å². The molecule has 1 fully saturated rings. The van der Waals surface area contributed by atoms with Gasteiger partial charge in [0.15, 0.2) is 0 Å². The topological polar surface area (TPSA) is 59.4 Å². The molecule has 0 radical (unpaired) electrons. The molecule has 2 aromatic carbocycles. The molecule has 0 bridgehead atoms. The monoisotopic (exact) mass is 480 g/mol. The Morgan fingerprint density at radius 2 is 2.00 bits per heavy atom. The standard InChI is InChI=1S/C27H33ClN4O2/c1-3-32(23-10-15-34-16-11-23)25-18-22(28)17-24(20(25)2)27(33)30-12-9-26-29-13-14-31(26)19-21-7-5-4-6-8-21/h4-8,13-14,17-18,23H,3,9-12,15-16,19H2,1-2H3,(H,30,33). The van der Waals surface area contributed by atoms with E-state index in [0.29, 0.717) is 29.6 Å². The number of aromatic nitrogens is 2. The molecule has 0 atom stereocenters. The number of amides is 1. The van der Waals surface area contributed by atoms with E-state index in [9.17, 15) is 4.79 Å². The maximum absolute atomic E-state index is 13.1. The zero-order valence-electron chi connectivity index (χ0n) is 20.0. The van der Waals surface area contributed by atoms with Crippen LogP contribution < -0.4 is 10.2 Å². The van der Waals surface area contributed by atoms with Crippen LogP contribution in [0.4, 0.5) is 5.69 Å².